The van der Waals surface area contributed by atoms with Crippen LogP contribution in [-0.2, 0) is 26.2 Å². The number of carbonyl (C=O) groups is 2. The Morgan fingerprint density at radius 2 is 1.48 bits per heavy atom. The van der Waals surface area contributed by atoms with Crippen LogP contribution in [0.4, 0.5) is 5.69 Å². The summed E-state index contributed by atoms with van der Waals surface area (Å²) in [6.07, 6.45) is 0.358. The number of hydrogen-bond donors (Lipinski definition) is 1. The fourth-order valence-corrected chi connectivity index (χ4v) is 6.05. The molecule has 0 fully saturated rings. The molecule has 3 rings (SSSR count). The predicted octanol–water partition coefficient (Wildman–Crippen LogP) is 5.79. The molecule has 214 valence electrons. The fourth-order valence-electron chi connectivity index (χ4n) is 4.41. The van der Waals surface area contributed by atoms with Gasteiger partial charge in [0, 0.05) is 17.6 Å². The summed E-state index contributed by atoms with van der Waals surface area (Å²) in [5.74, 6) is -0.786. The van der Waals surface area contributed by atoms with Crippen molar-refractivity contribution in [1.82, 2.24) is 10.2 Å². The Balaban J connectivity index is 2.10. The van der Waals surface area contributed by atoms with Crippen LogP contribution in [0.2, 0.25) is 5.02 Å². The molecular weight excluding hydrogens is 546 g/mol. The number of amides is 2. The lowest BCUT2D eigenvalue weighted by atomic mass is 10.1. The van der Waals surface area contributed by atoms with Crippen LogP contribution in [0.1, 0.15) is 49.4 Å². The molecule has 0 spiro atoms. The number of nitrogens with zero attached hydrogens (tertiary/aromatic N) is 2. The smallest absolute Gasteiger partial charge is 0.264 e. The van der Waals surface area contributed by atoms with E-state index >= 15 is 0 Å². The lowest BCUT2D eigenvalue weighted by Gasteiger charge is -2.34. The Labute approximate surface area is 243 Å². The van der Waals surface area contributed by atoms with Crippen molar-refractivity contribution in [1.29, 1.82) is 0 Å². The third-order valence-corrected chi connectivity index (χ3v) is 8.87. The second-order valence-corrected chi connectivity index (χ2v) is 12.6. The maximum Gasteiger partial charge on any atom is 0.264 e. The van der Waals surface area contributed by atoms with Crippen LogP contribution in [0.3, 0.4) is 0 Å². The van der Waals surface area contributed by atoms with E-state index in [0.717, 1.165) is 21.0 Å². The number of aryl methyl sites for hydroxylation is 2. The molecule has 0 aromatic heterocycles. The average Bonchev–Trinajstić information content (AvgIpc) is 2.89. The molecule has 3 aromatic rings. The van der Waals surface area contributed by atoms with E-state index in [9.17, 15) is 18.0 Å². The van der Waals surface area contributed by atoms with Gasteiger partial charge >= 0.3 is 0 Å². The highest BCUT2D eigenvalue weighted by atomic mass is 35.5. The first kappa shape index (κ1) is 31.2. The lowest BCUT2D eigenvalue weighted by Crippen LogP contribution is -2.53. The number of anilines is 1. The molecule has 0 aliphatic heterocycles. The molecule has 40 heavy (non-hydrogen) atoms. The first-order valence-electron chi connectivity index (χ1n) is 13.3. The van der Waals surface area contributed by atoms with Gasteiger partial charge in [0.25, 0.3) is 10.0 Å². The first-order chi connectivity index (χ1) is 18.8. The molecular formula is C31H38ClN3O4S. The highest BCUT2D eigenvalue weighted by Gasteiger charge is 2.34. The summed E-state index contributed by atoms with van der Waals surface area (Å²) < 4.78 is 29.1. The van der Waals surface area contributed by atoms with Gasteiger partial charge in [0.1, 0.15) is 12.6 Å². The highest BCUT2D eigenvalue weighted by Crippen LogP contribution is 2.31. The third kappa shape index (κ3) is 7.43. The summed E-state index contributed by atoms with van der Waals surface area (Å²) >= 11 is 6.39. The fraction of sp³-hybridized carbons (Fsp3) is 0.355. The quantitative estimate of drug-likeness (QED) is 0.309. The van der Waals surface area contributed by atoms with Gasteiger partial charge < -0.3 is 10.2 Å². The number of hydrogen-bond acceptors (Lipinski definition) is 4. The Kier molecular flexibility index (Phi) is 10.4. The van der Waals surface area contributed by atoms with E-state index in [1.165, 1.54) is 17.0 Å². The maximum atomic E-state index is 14.1. The van der Waals surface area contributed by atoms with Gasteiger partial charge in [-0.3, -0.25) is 13.9 Å². The molecule has 1 N–H and O–H groups in total. The maximum absolute atomic E-state index is 14.1. The van der Waals surface area contributed by atoms with Crippen LogP contribution in [0.5, 0.6) is 0 Å². The van der Waals surface area contributed by atoms with Crippen LogP contribution in [0.15, 0.2) is 71.6 Å². The normalized spacial score (nSPS) is 12.2. The molecule has 0 saturated carbocycles. The van der Waals surface area contributed by atoms with Gasteiger partial charge in [0.05, 0.1) is 10.6 Å². The average molecular weight is 584 g/mol. The molecule has 0 saturated heterocycles. The number of benzene rings is 3. The van der Waals surface area contributed by atoms with E-state index in [1.807, 2.05) is 58.9 Å². The second-order valence-electron chi connectivity index (χ2n) is 10.3. The largest absolute Gasteiger partial charge is 0.352 e. The van der Waals surface area contributed by atoms with Gasteiger partial charge in [-0.1, -0.05) is 72.1 Å². The Bertz CT molecular complexity index is 1440. The number of nitrogens with one attached hydrogen (secondary N) is 1. The topological polar surface area (TPSA) is 86.8 Å². The van der Waals surface area contributed by atoms with Crippen LogP contribution < -0.4 is 9.62 Å². The second kappa shape index (κ2) is 13.3. The van der Waals surface area contributed by atoms with Gasteiger partial charge in [-0.25, -0.2) is 8.42 Å². The van der Waals surface area contributed by atoms with Gasteiger partial charge in [-0.2, -0.15) is 0 Å². The number of halogens is 1. The lowest BCUT2D eigenvalue weighted by molar-refractivity contribution is -0.140. The van der Waals surface area contributed by atoms with Crippen molar-refractivity contribution in [2.45, 2.75) is 71.5 Å². The number of sulfonamides is 1. The summed E-state index contributed by atoms with van der Waals surface area (Å²) in [6.45, 7) is 10.7. The zero-order valence-electron chi connectivity index (χ0n) is 23.9. The Hall–Kier alpha value is -3.36. The van der Waals surface area contributed by atoms with Gasteiger partial charge in [0.2, 0.25) is 11.8 Å². The van der Waals surface area contributed by atoms with Crippen molar-refractivity contribution >= 4 is 39.1 Å². The van der Waals surface area contributed by atoms with Gasteiger partial charge in [-0.05, 0) is 76.4 Å². The monoisotopic (exact) mass is 583 g/mol. The molecule has 2 amide bonds. The third-order valence-electron chi connectivity index (χ3n) is 6.69. The number of rotatable bonds is 11. The van der Waals surface area contributed by atoms with E-state index in [1.54, 1.807) is 37.3 Å². The van der Waals surface area contributed by atoms with Crippen molar-refractivity contribution < 1.29 is 18.0 Å². The molecule has 0 aliphatic carbocycles. The van der Waals surface area contributed by atoms with E-state index in [2.05, 4.69) is 5.32 Å². The highest BCUT2D eigenvalue weighted by molar-refractivity contribution is 7.92. The molecule has 0 aliphatic rings. The van der Waals surface area contributed by atoms with E-state index in [4.69, 9.17) is 11.6 Å². The Morgan fingerprint density at radius 1 is 0.900 bits per heavy atom. The molecule has 9 heteroatoms. The molecule has 0 bridgehead atoms. The molecule has 0 heterocycles. The standard InChI is InChI=1S/C31H38ClN3O4S/c1-7-28(31(37)33-21(2)3)34(19-25-15-11-22(4)12-16-25)30(36)20-35(29-10-8-9-27(32)24(29)6)40(38,39)26-17-13-23(5)14-18-26/h8-18,21,28H,7,19-20H2,1-6H3,(H,33,37). The van der Waals surface area contributed by atoms with Crippen molar-refractivity contribution in [3.05, 3.63) is 94.0 Å². The molecule has 1 unspecified atom stereocenters. The zero-order valence-corrected chi connectivity index (χ0v) is 25.5. The molecule has 7 nitrogen and oxygen atoms in total. The predicted molar refractivity (Wildman–Crippen MR) is 161 cm³/mol. The van der Waals surface area contributed by atoms with E-state index < -0.39 is 28.5 Å². The Morgan fingerprint density at radius 3 is 2.02 bits per heavy atom. The minimum atomic E-state index is -4.16. The van der Waals surface area contributed by atoms with Crippen LogP contribution in [0, 0.1) is 20.8 Å². The van der Waals surface area contributed by atoms with Gasteiger partial charge in [-0.15, -0.1) is 0 Å². The van der Waals surface area contributed by atoms with Crippen molar-refractivity contribution in [2.24, 2.45) is 0 Å². The van der Waals surface area contributed by atoms with Crippen molar-refractivity contribution in [3.63, 3.8) is 0 Å². The summed E-state index contributed by atoms with van der Waals surface area (Å²) in [5.41, 5.74) is 3.64. The number of carbonyl (C=O) groups excluding carboxylic acids is 2. The van der Waals surface area contributed by atoms with E-state index in [-0.39, 0.29) is 23.4 Å². The van der Waals surface area contributed by atoms with Crippen molar-refractivity contribution in [2.75, 3.05) is 10.8 Å². The van der Waals surface area contributed by atoms with Crippen LogP contribution >= 0.6 is 11.6 Å². The molecule has 1 atom stereocenters. The van der Waals surface area contributed by atoms with Crippen LogP contribution in [0.25, 0.3) is 0 Å². The minimum Gasteiger partial charge on any atom is -0.352 e. The molecule has 3 aromatic carbocycles. The summed E-state index contributed by atoms with van der Waals surface area (Å²) in [4.78, 5) is 28.9. The minimum absolute atomic E-state index is 0.0555. The van der Waals surface area contributed by atoms with Crippen molar-refractivity contribution in [3.8, 4) is 0 Å². The SMILES string of the molecule is CCC(C(=O)NC(C)C)N(Cc1ccc(C)cc1)C(=O)CN(c1cccc(Cl)c1C)S(=O)(=O)c1ccc(C)cc1. The molecule has 0 radical (unpaired) electrons. The summed E-state index contributed by atoms with van der Waals surface area (Å²) in [6, 6.07) is 18.2. The van der Waals surface area contributed by atoms with Gasteiger partial charge in [0.15, 0.2) is 0 Å². The summed E-state index contributed by atoms with van der Waals surface area (Å²) in [7, 11) is -4.16. The summed E-state index contributed by atoms with van der Waals surface area (Å²) in [5, 5.41) is 3.29. The van der Waals surface area contributed by atoms with E-state index in [0.29, 0.717) is 22.7 Å². The first-order valence-corrected chi connectivity index (χ1v) is 15.2. The van der Waals surface area contributed by atoms with Crippen LogP contribution in [-0.4, -0.2) is 43.8 Å². The zero-order chi connectivity index (χ0) is 29.6.